The van der Waals surface area contributed by atoms with E-state index in [0.717, 1.165) is 23.8 Å². The Morgan fingerprint density at radius 3 is 2.90 bits per heavy atom. The van der Waals surface area contributed by atoms with E-state index < -0.39 is 0 Å². The van der Waals surface area contributed by atoms with E-state index in [9.17, 15) is 0 Å². The van der Waals surface area contributed by atoms with Crippen molar-refractivity contribution in [1.82, 2.24) is 20.3 Å². The molecule has 3 rings (SSSR count). The third-order valence-corrected chi connectivity index (χ3v) is 5.32. The van der Waals surface area contributed by atoms with E-state index in [4.69, 9.17) is 11.6 Å². The summed E-state index contributed by atoms with van der Waals surface area (Å²) >= 11 is 9.47. The molecule has 3 aromatic heterocycles. The third-order valence-electron chi connectivity index (χ3n) is 3.09. The lowest BCUT2D eigenvalue weighted by Gasteiger charge is -2.16. The minimum absolute atomic E-state index is 0.221. The molecule has 0 aliphatic rings. The van der Waals surface area contributed by atoms with Gasteiger partial charge >= 0.3 is 0 Å². The lowest BCUT2D eigenvalue weighted by Crippen LogP contribution is -2.23. The second-order valence-electron chi connectivity index (χ2n) is 4.56. The van der Waals surface area contributed by atoms with Crippen molar-refractivity contribution in [2.45, 2.75) is 19.0 Å². The van der Waals surface area contributed by atoms with Crippen LogP contribution in [0.15, 0.2) is 42.0 Å². The summed E-state index contributed by atoms with van der Waals surface area (Å²) < 4.78 is 2.68. The van der Waals surface area contributed by atoms with Crippen LogP contribution < -0.4 is 5.32 Å². The third kappa shape index (κ3) is 3.91. The number of nitrogens with one attached hydrogen (secondary N) is 1. The first-order valence-corrected chi connectivity index (χ1v) is 8.76. The molecule has 0 aliphatic heterocycles. The van der Waals surface area contributed by atoms with Crippen molar-refractivity contribution in [1.29, 1.82) is 0 Å². The summed E-state index contributed by atoms with van der Waals surface area (Å²) in [5, 5.41) is 13.5. The van der Waals surface area contributed by atoms with Crippen LogP contribution in [0.2, 0.25) is 4.34 Å². The molecule has 3 aromatic rings. The van der Waals surface area contributed by atoms with Gasteiger partial charge in [-0.05, 0) is 36.5 Å². The zero-order chi connectivity index (χ0) is 14.5. The van der Waals surface area contributed by atoms with E-state index in [1.165, 1.54) is 9.75 Å². The molecule has 0 amide bonds. The average molecular weight is 339 g/mol. The molecule has 1 N–H and O–H groups in total. The Hall–Kier alpha value is -1.21. The van der Waals surface area contributed by atoms with Crippen molar-refractivity contribution in [3.05, 3.63) is 56.1 Å². The van der Waals surface area contributed by atoms with E-state index >= 15 is 0 Å². The van der Waals surface area contributed by atoms with Gasteiger partial charge in [-0.15, -0.1) is 27.8 Å². The highest BCUT2D eigenvalue weighted by Gasteiger charge is 2.16. The van der Waals surface area contributed by atoms with Gasteiger partial charge in [0.2, 0.25) is 0 Å². The van der Waals surface area contributed by atoms with Crippen LogP contribution >= 0.6 is 34.3 Å². The van der Waals surface area contributed by atoms with E-state index in [1.54, 1.807) is 28.9 Å². The van der Waals surface area contributed by atoms with Crippen LogP contribution in [0.3, 0.4) is 0 Å². The van der Waals surface area contributed by atoms with Gasteiger partial charge in [0.05, 0.1) is 16.6 Å². The number of thiophene rings is 2. The summed E-state index contributed by atoms with van der Waals surface area (Å²) in [6, 6.07) is 8.52. The van der Waals surface area contributed by atoms with Crippen molar-refractivity contribution in [2.75, 3.05) is 6.54 Å². The van der Waals surface area contributed by atoms with Gasteiger partial charge in [0, 0.05) is 22.5 Å². The molecule has 3 heterocycles. The quantitative estimate of drug-likeness (QED) is 0.666. The molecule has 0 saturated heterocycles. The van der Waals surface area contributed by atoms with Gasteiger partial charge in [0.1, 0.15) is 0 Å². The Morgan fingerprint density at radius 1 is 1.29 bits per heavy atom. The van der Waals surface area contributed by atoms with E-state index in [1.807, 2.05) is 16.9 Å². The molecule has 4 nitrogen and oxygen atoms in total. The minimum atomic E-state index is 0.221. The Labute approximate surface area is 136 Å². The van der Waals surface area contributed by atoms with E-state index in [-0.39, 0.29) is 6.04 Å². The highest BCUT2D eigenvalue weighted by atomic mass is 35.5. The molecule has 0 radical (unpaired) electrons. The molecule has 7 heteroatoms. The zero-order valence-corrected chi connectivity index (χ0v) is 13.7. The first-order valence-electron chi connectivity index (χ1n) is 6.69. The number of rotatable bonds is 7. The number of aryl methyl sites for hydroxylation is 1. The highest BCUT2D eigenvalue weighted by molar-refractivity contribution is 7.16. The fraction of sp³-hybridized carbons (Fsp3) is 0.286. The number of nitrogens with zero attached hydrogens (tertiary/aromatic N) is 3. The summed E-state index contributed by atoms with van der Waals surface area (Å²) in [4.78, 5) is 2.57. The predicted octanol–water partition coefficient (Wildman–Crippen LogP) is 3.82. The van der Waals surface area contributed by atoms with Crippen LogP contribution in [0, 0.1) is 0 Å². The SMILES string of the molecule is Clc1ccc(C(NCCCn2ccnn2)c2cccs2)s1. The molecule has 0 aliphatic carbocycles. The van der Waals surface area contributed by atoms with Crippen LogP contribution in [-0.2, 0) is 6.54 Å². The zero-order valence-electron chi connectivity index (χ0n) is 11.3. The standard InChI is InChI=1S/C14H15ClN4S2/c15-13-5-4-12(21-13)14(11-3-1-10-20-11)16-6-2-8-19-9-7-17-18-19/h1,3-5,7,9-10,14,16H,2,6,8H2. The maximum absolute atomic E-state index is 6.07. The number of hydrogen-bond donors (Lipinski definition) is 1. The Bertz CT molecular complexity index is 648. The molecule has 21 heavy (non-hydrogen) atoms. The van der Waals surface area contributed by atoms with Crippen molar-refractivity contribution >= 4 is 34.3 Å². The van der Waals surface area contributed by atoms with E-state index in [0.29, 0.717) is 0 Å². The molecule has 0 fully saturated rings. The first-order chi connectivity index (χ1) is 10.3. The molecule has 1 unspecified atom stereocenters. The summed E-state index contributed by atoms with van der Waals surface area (Å²) in [6.45, 7) is 1.79. The Kier molecular flexibility index (Phi) is 5.03. The summed E-state index contributed by atoms with van der Waals surface area (Å²) in [5.74, 6) is 0. The molecule has 1 atom stereocenters. The van der Waals surface area contributed by atoms with Gasteiger partial charge in [0.15, 0.2) is 0 Å². The van der Waals surface area contributed by atoms with Crippen LogP contribution in [0.1, 0.15) is 22.2 Å². The number of halogens is 1. The van der Waals surface area contributed by atoms with E-state index in [2.05, 4.69) is 39.2 Å². The number of hydrogen-bond acceptors (Lipinski definition) is 5. The normalized spacial score (nSPS) is 12.6. The van der Waals surface area contributed by atoms with Gasteiger partial charge in [-0.2, -0.15) is 0 Å². The fourth-order valence-corrected chi connectivity index (χ4v) is 4.17. The van der Waals surface area contributed by atoms with Gasteiger partial charge in [-0.3, -0.25) is 4.68 Å². The van der Waals surface area contributed by atoms with Crippen molar-refractivity contribution < 1.29 is 0 Å². The molecule has 0 bridgehead atoms. The van der Waals surface area contributed by atoms with Crippen LogP contribution in [-0.4, -0.2) is 21.5 Å². The largest absolute Gasteiger partial charge is 0.305 e. The topological polar surface area (TPSA) is 42.7 Å². The highest BCUT2D eigenvalue weighted by Crippen LogP contribution is 2.32. The molecule has 110 valence electrons. The maximum Gasteiger partial charge on any atom is 0.0931 e. The lowest BCUT2D eigenvalue weighted by molar-refractivity contribution is 0.514. The molecule has 0 spiro atoms. The van der Waals surface area contributed by atoms with Gasteiger partial charge in [0.25, 0.3) is 0 Å². The predicted molar refractivity (Wildman–Crippen MR) is 88.1 cm³/mol. The van der Waals surface area contributed by atoms with Gasteiger partial charge < -0.3 is 5.32 Å². The van der Waals surface area contributed by atoms with Crippen LogP contribution in [0.25, 0.3) is 0 Å². The van der Waals surface area contributed by atoms with Gasteiger partial charge in [-0.1, -0.05) is 22.9 Å². The minimum Gasteiger partial charge on any atom is -0.305 e. The second kappa shape index (κ2) is 7.17. The Balaban J connectivity index is 1.60. The first kappa shape index (κ1) is 14.7. The van der Waals surface area contributed by atoms with Crippen molar-refractivity contribution in [3.63, 3.8) is 0 Å². The van der Waals surface area contributed by atoms with Crippen LogP contribution in [0.5, 0.6) is 0 Å². The second-order valence-corrected chi connectivity index (χ2v) is 7.29. The summed E-state index contributed by atoms with van der Waals surface area (Å²) in [7, 11) is 0. The monoisotopic (exact) mass is 338 g/mol. The summed E-state index contributed by atoms with van der Waals surface area (Å²) in [5.41, 5.74) is 0. The smallest absolute Gasteiger partial charge is 0.0931 e. The van der Waals surface area contributed by atoms with Gasteiger partial charge in [-0.25, -0.2) is 0 Å². The Morgan fingerprint density at radius 2 is 2.24 bits per heavy atom. The van der Waals surface area contributed by atoms with Crippen LogP contribution in [0.4, 0.5) is 0 Å². The molecular formula is C14H15ClN4S2. The maximum atomic E-state index is 6.07. The fourth-order valence-electron chi connectivity index (χ4n) is 2.12. The lowest BCUT2D eigenvalue weighted by atomic mass is 10.2. The van der Waals surface area contributed by atoms with Crippen molar-refractivity contribution in [3.8, 4) is 0 Å². The molecule has 0 saturated carbocycles. The molecule has 0 aromatic carbocycles. The number of aromatic nitrogens is 3. The van der Waals surface area contributed by atoms with Crippen molar-refractivity contribution in [2.24, 2.45) is 0 Å². The molecular weight excluding hydrogens is 324 g/mol. The summed E-state index contributed by atoms with van der Waals surface area (Å²) in [6.07, 6.45) is 4.59. The average Bonchev–Trinajstić information content (AvgIpc) is 3.20.